The van der Waals surface area contributed by atoms with Gasteiger partial charge in [-0.15, -0.1) is 0 Å². The summed E-state index contributed by atoms with van der Waals surface area (Å²) in [7, 11) is 0. The fourth-order valence-electron chi connectivity index (χ4n) is 11.2. The Bertz CT molecular complexity index is 3520. The van der Waals surface area contributed by atoms with E-state index in [9.17, 15) is 0 Å². The SMILES string of the molecule is C=C/C=C\c1c(C)c(-c2ccc(-c3ccccc3)cc2)c2c(c1-c1ccc(-c3ccccc3)cc1)-c1cc3c(c4cccc-2c14)-c1ccc(N(c2ccccc2)c2ccccc2)cc1C3(C)C. The fraction of sp³-hybridized carbons (Fsp3) is 0.0606. The van der Waals surface area contributed by atoms with Crippen LogP contribution in [0.4, 0.5) is 17.1 Å². The highest BCUT2D eigenvalue weighted by Gasteiger charge is 2.41. The van der Waals surface area contributed by atoms with Gasteiger partial charge in [0.25, 0.3) is 0 Å². The van der Waals surface area contributed by atoms with Gasteiger partial charge in [-0.25, -0.2) is 0 Å². The van der Waals surface area contributed by atoms with Gasteiger partial charge in [-0.3, -0.25) is 0 Å². The van der Waals surface area contributed by atoms with E-state index in [4.69, 9.17) is 0 Å². The number of rotatable bonds is 9. The summed E-state index contributed by atoms with van der Waals surface area (Å²) in [6.07, 6.45) is 6.28. The first kappa shape index (κ1) is 40.3. The molecule has 2 aliphatic rings. The molecule has 0 saturated heterocycles. The number of nitrogens with zero attached hydrogens (tertiary/aromatic N) is 1. The van der Waals surface area contributed by atoms with Crippen molar-refractivity contribution in [3.63, 3.8) is 0 Å². The molecule has 0 amide bonds. The van der Waals surface area contributed by atoms with Crippen molar-refractivity contribution in [3.8, 4) is 77.9 Å². The Morgan fingerprint density at radius 1 is 0.403 bits per heavy atom. The molecule has 0 atom stereocenters. The molecule has 0 saturated carbocycles. The summed E-state index contributed by atoms with van der Waals surface area (Å²) in [6, 6.07) is 78.0. The average molecular weight is 856 g/mol. The summed E-state index contributed by atoms with van der Waals surface area (Å²) in [4.78, 5) is 2.38. The predicted octanol–water partition coefficient (Wildman–Crippen LogP) is 18.4. The number of fused-ring (bicyclic) bond motifs is 7. The molecule has 67 heavy (non-hydrogen) atoms. The largest absolute Gasteiger partial charge is 0.310 e. The Morgan fingerprint density at radius 2 is 0.910 bits per heavy atom. The van der Waals surface area contributed by atoms with Crippen molar-refractivity contribution in [1.29, 1.82) is 0 Å². The minimum Gasteiger partial charge on any atom is -0.310 e. The number of anilines is 3. The molecule has 0 unspecified atom stereocenters. The molecule has 318 valence electrons. The number of allylic oxidation sites excluding steroid dienone is 2. The second-order valence-electron chi connectivity index (χ2n) is 18.5. The lowest BCUT2D eigenvalue weighted by Gasteiger charge is -2.28. The van der Waals surface area contributed by atoms with E-state index in [1.807, 2.05) is 6.08 Å². The molecular formula is C66H49N. The standard InChI is InChI=1S/C66H49N/c1-5-6-28-53-43(2)60(48-35-31-46(32-36-48)44-20-11-7-12-21-44)64-56-30-19-29-55-62(56)57(65(64)61(53)49-37-33-47(34-38-49)45-22-13-8-14-23-45)42-59-63(55)54-40-39-52(41-58(54)66(59,3)4)67(50-24-15-9-16-25-50)51-26-17-10-18-27-51/h5-42H,1H2,2-4H3/b28-6-. The van der Waals surface area contributed by atoms with Gasteiger partial charge in [-0.1, -0.05) is 209 Å². The van der Waals surface area contributed by atoms with Crippen LogP contribution in [0.15, 0.2) is 231 Å². The van der Waals surface area contributed by atoms with Crippen molar-refractivity contribution >= 4 is 33.9 Å². The van der Waals surface area contributed by atoms with E-state index in [1.54, 1.807) is 0 Å². The predicted molar refractivity (Wildman–Crippen MR) is 286 cm³/mol. The molecular weight excluding hydrogens is 807 g/mol. The topological polar surface area (TPSA) is 3.24 Å². The van der Waals surface area contributed by atoms with Gasteiger partial charge in [-0.2, -0.15) is 0 Å². The molecule has 0 heterocycles. The zero-order valence-corrected chi connectivity index (χ0v) is 38.1. The van der Waals surface area contributed by atoms with Crippen LogP contribution in [0.3, 0.4) is 0 Å². The highest BCUT2D eigenvalue weighted by Crippen LogP contribution is 2.62. The molecule has 0 aromatic heterocycles. The van der Waals surface area contributed by atoms with Crippen LogP contribution >= 0.6 is 0 Å². The Morgan fingerprint density at radius 3 is 1.48 bits per heavy atom. The van der Waals surface area contributed by atoms with Crippen LogP contribution in [0.5, 0.6) is 0 Å². The van der Waals surface area contributed by atoms with Crippen molar-refractivity contribution in [3.05, 3.63) is 253 Å². The van der Waals surface area contributed by atoms with Gasteiger partial charge in [-0.05, 0) is 160 Å². The molecule has 10 aromatic rings. The molecule has 0 spiro atoms. The molecule has 0 bridgehead atoms. The van der Waals surface area contributed by atoms with E-state index in [0.29, 0.717) is 0 Å². The van der Waals surface area contributed by atoms with Gasteiger partial charge in [0.2, 0.25) is 0 Å². The van der Waals surface area contributed by atoms with Crippen molar-refractivity contribution in [2.45, 2.75) is 26.2 Å². The minimum atomic E-state index is -0.285. The molecule has 0 fully saturated rings. The molecule has 1 heteroatoms. The summed E-state index contributed by atoms with van der Waals surface area (Å²) in [5.41, 5.74) is 25.9. The number of benzene rings is 10. The van der Waals surface area contributed by atoms with Crippen molar-refractivity contribution in [1.82, 2.24) is 0 Å². The van der Waals surface area contributed by atoms with Gasteiger partial charge >= 0.3 is 0 Å². The van der Waals surface area contributed by atoms with Gasteiger partial charge < -0.3 is 4.90 Å². The maximum atomic E-state index is 4.14. The lowest BCUT2D eigenvalue weighted by atomic mass is 9.79. The Labute approximate surface area is 394 Å². The normalized spacial score (nSPS) is 12.8. The van der Waals surface area contributed by atoms with Gasteiger partial charge in [0.1, 0.15) is 0 Å². The highest BCUT2D eigenvalue weighted by molar-refractivity contribution is 6.25. The molecule has 0 aliphatic heterocycles. The summed E-state index contributed by atoms with van der Waals surface area (Å²) >= 11 is 0. The average Bonchev–Trinajstić information content (AvgIpc) is 3.82. The highest BCUT2D eigenvalue weighted by atomic mass is 15.1. The summed E-state index contributed by atoms with van der Waals surface area (Å²) in [6.45, 7) is 11.3. The lowest BCUT2D eigenvalue weighted by molar-refractivity contribution is 0.661. The van der Waals surface area contributed by atoms with Crippen LogP contribution in [-0.4, -0.2) is 0 Å². The lowest BCUT2D eigenvalue weighted by Crippen LogP contribution is -2.16. The van der Waals surface area contributed by atoms with E-state index < -0.39 is 0 Å². The number of hydrogen-bond acceptors (Lipinski definition) is 1. The Hall–Kier alpha value is -8.26. The molecule has 1 nitrogen and oxygen atoms in total. The van der Waals surface area contributed by atoms with Crippen LogP contribution in [0, 0.1) is 6.92 Å². The van der Waals surface area contributed by atoms with E-state index >= 15 is 0 Å². The first-order valence-electron chi connectivity index (χ1n) is 23.4. The molecule has 10 aromatic carbocycles. The smallest absolute Gasteiger partial charge is 0.0465 e. The molecule has 2 aliphatic carbocycles. The maximum Gasteiger partial charge on any atom is 0.0465 e. The monoisotopic (exact) mass is 855 g/mol. The zero-order chi connectivity index (χ0) is 45.2. The third-order valence-corrected chi connectivity index (χ3v) is 14.4. The summed E-state index contributed by atoms with van der Waals surface area (Å²) in [5, 5.41) is 2.63. The van der Waals surface area contributed by atoms with Crippen molar-refractivity contribution < 1.29 is 0 Å². The number of hydrogen-bond donors (Lipinski definition) is 0. The molecule has 0 radical (unpaired) electrons. The van der Waals surface area contributed by atoms with E-state index in [2.05, 4.69) is 257 Å². The second kappa shape index (κ2) is 16.0. The zero-order valence-electron chi connectivity index (χ0n) is 38.1. The Balaban J connectivity index is 1.11. The van der Waals surface area contributed by atoms with E-state index in [1.165, 1.54) is 111 Å². The van der Waals surface area contributed by atoms with Crippen LogP contribution < -0.4 is 4.90 Å². The molecule has 12 rings (SSSR count). The van der Waals surface area contributed by atoms with Gasteiger partial charge in [0, 0.05) is 22.5 Å². The van der Waals surface area contributed by atoms with E-state index in [-0.39, 0.29) is 5.41 Å². The van der Waals surface area contributed by atoms with E-state index in [0.717, 1.165) is 17.1 Å². The first-order valence-corrected chi connectivity index (χ1v) is 23.4. The van der Waals surface area contributed by atoms with Crippen molar-refractivity contribution in [2.24, 2.45) is 0 Å². The third kappa shape index (κ3) is 6.45. The third-order valence-electron chi connectivity index (χ3n) is 14.4. The van der Waals surface area contributed by atoms with Crippen LogP contribution in [0.25, 0.3) is 94.7 Å². The number of para-hydroxylation sites is 2. The quantitative estimate of drug-likeness (QED) is 0.131. The fourth-order valence-corrected chi connectivity index (χ4v) is 11.2. The van der Waals surface area contributed by atoms with Gasteiger partial charge in [0.15, 0.2) is 0 Å². The summed E-state index contributed by atoms with van der Waals surface area (Å²) in [5.74, 6) is 0. The maximum absolute atomic E-state index is 4.14. The minimum absolute atomic E-state index is 0.285. The van der Waals surface area contributed by atoms with Crippen LogP contribution in [0.2, 0.25) is 0 Å². The first-order chi connectivity index (χ1) is 32.9. The summed E-state index contributed by atoms with van der Waals surface area (Å²) < 4.78 is 0. The van der Waals surface area contributed by atoms with Crippen LogP contribution in [0.1, 0.15) is 36.1 Å². The van der Waals surface area contributed by atoms with Gasteiger partial charge in [0.05, 0.1) is 0 Å². The Kier molecular flexibility index (Phi) is 9.62. The van der Waals surface area contributed by atoms with Crippen LogP contribution in [-0.2, 0) is 5.41 Å². The molecule has 0 N–H and O–H groups in total. The second-order valence-corrected chi connectivity index (χ2v) is 18.5. The van der Waals surface area contributed by atoms with Crippen molar-refractivity contribution in [2.75, 3.05) is 4.90 Å².